The summed E-state index contributed by atoms with van der Waals surface area (Å²) in [6.45, 7) is 4.73. The summed E-state index contributed by atoms with van der Waals surface area (Å²) in [6, 6.07) is 82.3. The fourth-order valence-electron chi connectivity index (χ4n) is 12.1. The van der Waals surface area contributed by atoms with Crippen molar-refractivity contribution in [2.75, 3.05) is 4.90 Å². The molecular formula is C62H42N2S. The van der Waals surface area contributed by atoms with Gasteiger partial charge < -0.3 is 9.47 Å². The van der Waals surface area contributed by atoms with Crippen LogP contribution in [0, 0.1) is 0 Å². The van der Waals surface area contributed by atoms with E-state index in [0.29, 0.717) is 0 Å². The van der Waals surface area contributed by atoms with Gasteiger partial charge in [0.15, 0.2) is 0 Å². The molecule has 0 unspecified atom stereocenters. The van der Waals surface area contributed by atoms with Crippen LogP contribution in [0.3, 0.4) is 0 Å². The summed E-state index contributed by atoms with van der Waals surface area (Å²) in [7, 11) is 0. The van der Waals surface area contributed by atoms with Gasteiger partial charge in [-0.05, 0) is 139 Å². The maximum Gasteiger partial charge on any atom is 0.0736 e. The monoisotopic (exact) mass is 846 g/mol. The van der Waals surface area contributed by atoms with Crippen molar-refractivity contribution in [2.24, 2.45) is 0 Å². The van der Waals surface area contributed by atoms with Gasteiger partial charge in [0.05, 0.1) is 16.4 Å². The summed E-state index contributed by atoms with van der Waals surface area (Å²) in [5.74, 6) is 0. The molecule has 0 bridgehead atoms. The van der Waals surface area contributed by atoms with Crippen LogP contribution in [0.5, 0.6) is 0 Å². The molecule has 0 atom stereocenters. The van der Waals surface area contributed by atoms with Crippen molar-refractivity contribution in [2.45, 2.75) is 34.5 Å². The molecule has 65 heavy (non-hydrogen) atoms. The van der Waals surface area contributed by atoms with Crippen LogP contribution in [-0.4, -0.2) is 4.57 Å². The van der Waals surface area contributed by atoms with Crippen LogP contribution in [0.1, 0.15) is 47.2 Å². The first kappa shape index (κ1) is 36.8. The van der Waals surface area contributed by atoms with E-state index >= 15 is 0 Å². The molecule has 11 aromatic rings. The summed E-state index contributed by atoms with van der Waals surface area (Å²) >= 11 is 1.90. The van der Waals surface area contributed by atoms with E-state index in [-0.39, 0.29) is 5.41 Å². The smallest absolute Gasteiger partial charge is 0.0736 e. The molecule has 0 amide bonds. The molecule has 1 aromatic heterocycles. The number of rotatable bonds is 4. The largest absolute Gasteiger partial charge is 0.310 e. The average Bonchev–Trinajstić information content (AvgIpc) is 3.80. The van der Waals surface area contributed by atoms with Gasteiger partial charge in [0.2, 0.25) is 0 Å². The fraction of sp³-hybridized carbons (Fsp3) is 0.0645. The van der Waals surface area contributed by atoms with E-state index in [1.165, 1.54) is 98.0 Å². The highest BCUT2D eigenvalue weighted by molar-refractivity contribution is 7.99. The molecule has 10 aromatic carbocycles. The van der Waals surface area contributed by atoms with Gasteiger partial charge in [-0.15, -0.1) is 0 Å². The number of anilines is 3. The Balaban J connectivity index is 1.08. The van der Waals surface area contributed by atoms with Crippen molar-refractivity contribution in [3.05, 3.63) is 252 Å². The lowest BCUT2D eigenvalue weighted by Gasteiger charge is -2.46. The van der Waals surface area contributed by atoms with Gasteiger partial charge in [-0.25, -0.2) is 0 Å². The van der Waals surface area contributed by atoms with E-state index in [0.717, 1.165) is 22.7 Å². The molecule has 3 aliphatic rings. The van der Waals surface area contributed by atoms with Crippen molar-refractivity contribution >= 4 is 61.4 Å². The third kappa shape index (κ3) is 4.96. The second-order valence-corrected chi connectivity index (χ2v) is 19.5. The molecule has 0 fully saturated rings. The molecule has 1 aliphatic heterocycles. The Bertz CT molecular complexity index is 3750. The molecule has 2 aliphatic carbocycles. The van der Waals surface area contributed by atoms with Crippen LogP contribution in [-0.2, 0) is 10.8 Å². The van der Waals surface area contributed by atoms with E-state index in [1.807, 2.05) is 11.8 Å². The number of hydrogen-bond donors (Lipinski definition) is 0. The number of para-hydroxylation sites is 2. The zero-order valence-electron chi connectivity index (χ0n) is 36.1. The van der Waals surface area contributed by atoms with Crippen LogP contribution < -0.4 is 4.90 Å². The van der Waals surface area contributed by atoms with Crippen molar-refractivity contribution in [1.29, 1.82) is 0 Å². The summed E-state index contributed by atoms with van der Waals surface area (Å²) in [5, 5.41) is 5.07. The molecule has 0 N–H and O–H groups in total. The zero-order valence-corrected chi connectivity index (χ0v) is 36.9. The Labute approximate surface area is 383 Å². The Morgan fingerprint density at radius 3 is 1.77 bits per heavy atom. The minimum Gasteiger partial charge on any atom is -0.310 e. The van der Waals surface area contributed by atoms with Crippen LogP contribution in [0.2, 0.25) is 0 Å². The lowest BCUT2D eigenvalue weighted by molar-refractivity contribution is 0.660. The van der Waals surface area contributed by atoms with Gasteiger partial charge in [0.1, 0.15) is 0 Å². The van der Waals surface area contributed by atoms with E-state index in [4.69, 9.17) is 0 Å². The van der Waals surface area contributed by atoms with E-state index in [1.54, 1.807) is 0 Å². The van der Waals surface area contributed by atoms with Crippen LogP contribution >= 0.6 is 11.8 Å². The molecule has 0 saturated heterocycles. The topological polar surface area (TPSA) is 8.17 Å². The average molecular weight is 847 g/mol. The molecule has 1 spiro atoms. The minimum atomic E-state index is -0.558. The molecule has 2 nitrogen and oxygen atoms in total. The summed E-state index contributed by atoms with van der Waals surface area (Å²) in [6.07, 6.45) is 0. The predicted octanol–water partition coefficient (Wildman–Crippen LogP) is 16.5. The lowest BCUT2D eigenvalue weighted by atomic mass is 9.59. The van der Waals surface area contributed by atoms with E-state index in [2.05, 4.69) is 242 Å². The number of nitrogens with zero attached hydrogens (tertiary/aromatic N) is 2. The first-order valence-electron chi connectivity index (χ1n) is 22.7. The first-order valence-corrected chi connectivity index (χ1v) is 23.5. The van der Waals surface area contributed by atoms with Gasteiger partial charge in [-0.1, -0.05) is 171 Å². The van der Waals surface area contributed by atoms with Gasteiger partial charge in [-0.2, -0.15) is 0 Å². The maximum absolute atomic E-state index is 2.54. The molecule has 14 rings (SSSR count). The van der Waals surface area contributed by atoms with Crippen molar-refractivity contribution < 1.29 is 0 Å². The molecule has 306 valence electrons. The lowest BCUT2D eigenvalue weighted by Crippen LogP contribution is -2.36. The van der Waals surface area contributed by atoms with E-state index < -0.39 is 5.41 Å². The predicted molar refractivity (Wildman–Crippen MR) is 272 cm³/mol. The number of aromatic nitrogens is 1. The highest BCUT2D eigenvalue weighted by Gasteiger charge is 2.49. The van der Waals surface area contributed by atoms with Crippen LogP contribution in [0.25, 0.3) is 60.5 Å². The quantitative estimate of drug-likeness (QED) is 0.174. The van der Waals surface area contributed by atoms with Crippen LogP contribution in [0.15, 0.2) is 228 Å². The third-order valence-corrected chi connectivity index (χ3v) is 16.0. The molecular weight excluding hydrogens is 805 g/mol. The summed E-state index contributed by atoms with van der Waals surface area (Å²) in [4.78, 5) is 5.12. The van der Waals surface area contributed by atoms with Gasteiger partial charge in [0, 0.05) is 48.7 Å². The molecule has 0 saturated carbocycles. The SMILES string of the molecule is CC1(C)c2ccccc2-c2cc(N(c3ccc4c(c3)C3(c5ccccc5Sc5ccccc53)c3cccc5cccc-4c35)c3ccc4c(c3)c3ccccc3n4-c3ccccc3)ccc21. The van der Waals surface area contributed by atoms with Gasteiger partial charge in [0.25, 0.3) is 0 Å². The zero-order chi connectivity index (χ0) is 43.0. The standard InChI is InChI=1S/C62H42N2S/c1-61(2)50-23-8-6-20-44(50)48-36-41(31-34-51(48)61)63(42-32-35-57-49(37-42)46-21-7-11-27-56(46)64(57)40-18-4-3-5-19-40)43-30-33-45-47-22-14-16-39-17-15-26-54(60(39)47)62(55(45)38-43)52-24-9-12-28-58(52)65-59-29-13-10-25-53(59)62/h3-38H,1-2H3. The molecule has 2 heterocycles. The fourth-order valence-corrected chi connectivity index (χ4v) is 13.3. The highest BCUT2D eigenvalue weighted by atomic mass is 32.2. The van der Waals surface area contributed by atoms with E-state index in [9.17, 15) is 0 Å². The van der Waals surface area contributed by atoms with Crippen molar-refractivity contribution in [3.63, 3.8) is 0 Å². The second kappa shape index (κ2) is 13.5. The number of fused-ring (bicyclic) bond motifs is 14. The first-order chi connectivity index (χ1) is 32.0. The number of hydrogen-bond acceptors (Lipinski definition) is 2. The third-order valence-electron chi connectivity index (χ3n) is 14.8. The second-order valence-electron chi connectivity index (χ2n) is 18.4. The van der Waals surface area contributed by atoms with Gasteiger partial charge >= 0.3 is 0 Å². The Morgan fingerprint density at radius 1 is 0.385 bits per heavy atom. The molecule has 0 radical (unpaired) electrons. The molecule has 3 heteroatoms. The van der Waals surface area contributed by atoms with Crippen molar-refractivity contribution in [1.82, 2.24) is 4.57 Å². The Morgan fingerprint density at radius 2 is 0.954 bits per heavy atom. The summed E-state index contributed by atoms with van der Waals surface area (Å²) in [5.41, 5.74) is 19.5. The summed E-state index contributed by atoms with van der Waals surface area (Å²) < 4.78 is 2.41. The van der Waals surface area contributed by atoms with Crippen LogP contribution in [0.4, 0.5) is 17.1 Å². The minimum absolute atomic E-state index is 0.0974. The Kier molecular flexibility index (Phi) is 7.63. The Hall–Kier alpha value is -7.59. The van der Waals surface area contributed by atoms with Crippen molar-refractivity contribution in [3.8, 4) is 27.9 Å². The normalized spacial score (nSPS) is 14.5. The van der Waals surface area contributed by atoms with Gasteiger partial charge in [-0.3, -0.25) is 0 Å². The highest BCUT2D eigenvalue weighted by Crippen LogP contribution is 2.62. The number of benzene rings is 10. The maximum atomic E-state index is 2.54.